The van der Waals surface area contributed by atoms with Crippen LogP contribution < -0.4 is 4.90 Å². The van der Waals surface area contributed by atoms with Crippen LogP contribution in [0.2, 0.25) is 0 Å². The van der Waals surface area contributed by atoms with Crippen molar-refractivity contribution in [1.29, 1.82) is 0 Å². The Labute approximate surface area is 148 Å². The molecule has 25 heavy (non-hydrogen) atoms. The van der Waals surface area contributed by atoms with E-state index in [0.717, 1.165) is 21.0 Å². The fourth-order valence-corrected chi connectivity index (χ4v) is 3.89. The molecule has 8 heteroatoms. The van der Waals surface area contributed by atoms with Crippen molar-refractivity contribution in [2.45, 2.75) is 6.92 Å². The van der Waals surface area contributed by atoms with Gasteiger partial charge in [0.25, 0.3) is 5.91 Å². The number of benzene rings is 1. The largest absolute Gasteiger partial charge is 0.345 e. The average Bonchev–Trinajstić information content (AvgIpc) is 3.04. The molecule has 1 fully saturated rings. The number of anilines is 1. The zero-order valence-electron chi connectivity index (χ0n) is 13.6. The van der Waals surface area contributed by atoms with Gasteiger partial charge in [-0.15, -0.1) is 0 Å². The summed E-state index contributed by atoms with van der Waals surface area (Å²) >= 11 is 1.47. The lowest BCUT2D eigenvalue weighted by molar-refractivity contribution is 0.0740. The minimum Gasteiger partial charge on any atom is -0.345 e. The minimum atomic E-state index is -0.252. The fourth-order valence-electron chi connectivity index (χ4n) is 2.85. The fraction of sp³-hybridized carbons (Fsp3) is 0.294. The van der Waals surface area contributed by atoms with Gasteiger partial charge in [0.1, 0.15) is 11.5 Å². The van der Waals surface area contributed by atoms with Crippen molar-refractivity contribution < 1.29 is 9.18 Å². The molecule has 2 aromatic heterocycles. The highest BCUT2D eigenvalue weighted by Crippen LogP contribution is 2.29. The molecule has 0 N–H and O–H groups in total. The molecular formula is C17H16FN5OS. The SMILES string of the molecule is Cc1cncc(C(=O)N2CCN(c3nc4ccc(F)cc4s3)CC2)n1. The third-order valence-electron chi connectivity index (χ3n) is 4.15. The summed E-state index contributed by atoms with van der Waals surface area (Å²) in [5, 5.41) is 0.864. The van der Waals surface area contributed by atoms with E-state index in [-0.39, 0.29) is 11.7 Å². The van der Waals surface area contributed by atoms with E-state index in [9.17, 15) is 9.18 Å². The molecule has 1 amide bonds. The van der Waals surface area contributed by atoms with Gasteiger partial charge in [0.05, 0.1) is 22.1 Å². The summed E-state index contributed by atoms with van der Waals surface area (Å²) in [5.74, 6) is -0.348. The Hall–Kier alpha value is -2.61. The molecule has 0 spiro atoms. The Morgan fingerprint density at radius 1 is 1.16 bits per heavy atom. The second kappa shape index (κ2) is 6.36. The molecule has 1 aromatic carbocycles. The summed E-state index contributed by atoms with van der Waals surface area (Å²) < 4.78 is 14.2. The van der Waals surface area contributed by atoms with Gasteiger partial charge < -0.3 is 9.80 Å². The molecule has 0 radical (unpaired) electrons. The number of aromatic nitrogens is 3. The van der Waals surface area contributed by atoms with Gasteiger partial charge in [-0.25, -0.2) is 14.4 Å². The van der Waals surface area contributed by atoms with Crippen LogP contribution in [0.3, 0.4) is 0 Å². The molecule has 1 aliphatic heterocycles. The molecule has 1 saturated heterocycles. The Morgan fingerprint density at radius 3 is 2.72 bits per heavy atom. The summed E-state index contributed by atoms with van der Waals surface area (Å²) in [7, 11) is 0. The highest BCUT2D eigenvalue weighted by Gasteiger charge is 2.24. The molecule has 0 bridgehead atoms. The summed E-state index contributed by atoms with van der Waals surface area (Å²) in [4.78, 5) is 29.3. The maximum Gasteiger partial charge on any atom is 0.274 e. The number of rotatable bonds is 2. The van der Waals surface area contributed by atoms with Crippen molar-refractivity contribution in [3.63, 3.8) is 0 Å². The maximum atomic E-state index is 13.3. The number of piperazine rings is 1. The molecule has 0 unspecified atom stereocenters. The van der Waals surface area contributed by atoms with Crippen LogP contribution in [0, 0.1) is 12.7 Å². The summed E-state index contributed by atoms with van der Waals surface area (Å²) in [6.45, 7) is 4.38. The van der Waals surface area contributed by atoms with E-state index in [1.807, 2.05) is 6.92 Å². The Morgan fingerprint density at radius 2 is 1.96 bits per heavy atom. The Kier molecular flexibility index (Phi) is 4.04. The van der Waals surface area contributed by atoms with Crippen molar-refractivity contribution >= 4 is 32.6 Å². The molecule has 3 aromatic rings. The number of carbonyl (C=O) groups is 1. The number of fused-ring (bicyclic) bond motifs is 1. The second-order valence-electron chi connectivity index (χ2n) is 5.93. The molecule has 3 heterocycles. The van der Waals surface area contributed by atoms with E-state index >= 15 is 0 Å². The van der Waals surface area contributed by atoms with Crippen LogP contribution in [0.25, 0.3) is 10.2 Å². The molecule has 0 saturated carbocycles. The lowest BCUT2D eigenvalue weighted by atomic mass is 10.3. The number of halogens is 1. The number of hydrogen-bond acceptors (Lipinski definition) is 6. The minimum absolute atomic E-state index is 0.0952. The first kappa shape index (κ1) is 15.9. The summed E-state index contributed by atoms with van der Waals surface area (Å²) in [5.41, 5.74) is 1.91. The van der Waals surface area contributed by atoms with Crippen LogP contribution in [0.5, 0.6) is 0 Å². The van der Waals surface area contributed by atoms with E-state index in [4.69, 9.17) is 0 Å². The van der Waals surface area contributed by atoms with E-state index in [1.165, 1.54) is 29.7 Å². The zero-order valence-corrected chi connectivity index (χ0v) is 14.5. The number of amides is 1. The standard InChI is InChI=1S/C17H16FN5OS/c1-11-9-19-10-14(20-11)16(24)22-4-6-23(7-5-22)17-21-13-3-2-12(18)8-15(13)25-17/h2-3,8-10H,4-7H2,1H3. The molecule has 4 rings (SSSR count). The monoisotopic (exact) mass is 357 g/mol. The third kappa shape index (κ3) is 3.17. The van der Waals surface area contributed by atoms with Crippen molar-refractivity contribution in [2.24, 2.45) is 0 Å². The number of thiazole rings is 1. The quantitative estimate of drug-likeness (QED) is 0.705. The third-order valence-corrected chi connectivity index (χ3v) is 5.23. The first-order valence-corrected chi connectivity index (χ1v) is 8.81. The zero-order chi connectivity index (χ0) is 17.4. The van der Waals surface area contributed by atoms with Gasteiger partial charge in [-0.1, -0.05) is 11.3 Å². The smallest absolute Gasteiger partial charge is 0.274 e. The molecule has 1 aliphatic rings. The lowest BCUT2D eigenvalue weighted by Gasteiger charge is -2.34. The predicted octanol–water partition coefficient (Wildman–Crippen LogP) is 2.50. The van der Waals surface area contributed by atoms with Gasteiger partial charge in [-0.05, 0) is 25.1 Å². The Balaban J connectivity index is 1.46. The van der Waals surface area contributed by atoms with E-state index in [0.29, 0.717) is 31.9 Å². The first-order chi connectivity index (χ1) is 12.1. The van der Waals surface area contributed by atoms with Crippen molar-refractivity contribution in [1.82, 2.24) is 19.9 Å². The highest BCUT2D eigenvalue weighted by molar-refractivity contribution is 7.22. The lowest BCUT2D eigenvalue weighted by Crippen LogP contribution is -2.49. The van der Waals surface area contributed by atoms with Crippen LogP contribution in [0.15, 0.2) is 30.6 Å². The Bertz CT molecular complexity index is 936. The van der Waals surface area contributed by atoms with Gasteiger partial charge in [0.2, 0.25) is 0 Å². The van der Waals surface area contributed by atoms with Crippen LogP contribution in [-0.2, 0) is 0 Å². The van der Waals surface area contributed by atoms with Crippen LogP contribution >= 0.6 is 11.3 Å². The van der Waals surface area contributed by atoms with Gasteiger partial charge >= 0.3 is 0 Å². The molecule has 128 valence electrons. The van der Waals surface area contributed by atoms with Gasteiger partial charge in [-0.3, -0.25) is 9.78 Å². The van der Waals surface area contributed by atoms with Gasteiger partial charge in [-0.2, -0.15) is 0 Å². The van der Waals surface area contributed by atoms with E-state index in [1.54, 1.807) is 17.2 Å². The number of hydrogen-bond donors (Lipinski definition) is 0. The van der Waals surface area contributed by atoms with Crippen molar-refractivity contribution in [2.75, 3.05) is 31.1 Å². The summed E-state index contributed by atoms with van der Waals surface area (Å²) in [6, 6.07) is 4.62. The number of carbonyl (C=O) groups excluding carboxylic acids is 1. The number of aryl methyl sites for hydroxylation is 1. The van der Waals surface area contributed by atoms with Crippen LogP contribution in [0.1, 0.15) is 16.2 Å². The van der Waals surface area contributed by atoms with E-state index in [2.05, 4.69) is 19.9 Å². The van der Waals surface area contributed by atoms with Crippen molar-refractivity contribution in [3.8, 4) is 0 Å². The topological polar surface area (TPSA) is 62.2 Å². The van der Waals surface area contributed by atoms with Crippen LogP contribution in [0.4, 0.5) is 9.52 Å². The van der Waals surface area contributed by atoms with E-state index < -0.39 is 0 Å². The molecule has 0 atom stereocenters. The average molecular weight is 357 g/mol. The van der Waals surface area contributed by atoms with Gasteiger partial charge in [0, 0.05) is 32.4 Å². The maximum absolute atomic E-state index is 13.3. The molecular weight excluding hydrogens is 341 g/mol. The summed E-state index contributed by atoms with van der Waals surface area (Å²) in [6.07, 6.45) is 3.13. The first-order valence-electron chi connectivity index (χ1n) is 7.99. The molecule has 6 nitrogen and oxygen atoms in total. The van der Waals surface area contributed by atoms with Crippen molar-refractivity contribution in [3.05, 3.63) is 47.8 Å². The second-order valence-corrected chi connectivity index (χ2v) is 6.94. The normalized spacial score (nSPS) is 15.0. The van der Waals surface area contributed by atoms with Crippen LogP contribution in [-0.4, -0.2) is 51.9 Å². The number of nitrogens with zero attached hydrogens (tertiary/aromatic N) is 5. The van der Waals surface area contributed by atoms with Gasteiger partial charge in [0.15, 0.2) is 5.13 Å². The predicted molar refractivity (Wildman–Crippen MR) is 94.5 cm³/mol. The molecule has 0 aliphatic carbocycles. The highest BCUT2D eigenvalue weighted by atomic mass is 32.1.